The van der Waals surface area contributed by atoms with E-state index in [1.807, 2.05) is 0 Å². The monoisotopic (exact) mass is 267 g/mol. The van der Waals surface area contributed by atoms with Crippen LogP contribution in [0.2, 0.25) is 0 Å². The first-order chi connectivity index (χ1) is 9.76. The van der Waals surface area contributed by atoms with Gasteiger partial charge in [-0.05, 0) is 32.3 Å². The summed E-state index contributed by atoms with van der Waals surface area (Å²) < 4.78 is 0. The summed E-state index contributed by atoms with van der Waals surface area (Å²) in [6.07, 6.45) is 3.55. The summed E-state index contributed by atoms with van der Waals surface area (Å²) in [5.41, 5.74) is 3.47. The zero-order valence-corrected chi connectivity index (χ0v) is 12.2. The molecule has 1 N–H and O–H groups in total. The molecule has 0 spiro atoms. The van der Waals surface area contributed by atoms with Crippen molar-refractivity contribution in [3.63, 3.8) is 0 Å². The normalized spacial score (nSPS) is 14.3. The lowest BCUT2D eigenvalue weighted by Gasteiger charge is -2.09. The van der Waals surface area contributed by atoms with Crippen molar-refractivity contribution >= 4 is 5.82 Å². The molecule has 1 aromatic heterocycles. The molecule has 1 aromatic carbocycles. The zero-order valence-electron chi connectivity index (χ0n) is 12.2. The second kappa shape index (κ2) is 5.61. The van der Waals surface area contributed by atoms with E-state index in [1.165, 1.54) is 24.0 Å². The van der Waals surface area contributed by atoms with Crippen molar-refractivity contribution in [3.05, 3.63) is 41.7 Å². The summed E-state index contributed by atoms with van der Waals surface area (Å²) >= 11 is 0. The van der Waals surface area contributed by atoms with Gasteiger partial charge in [0.1, 0.15) is 11.6 Å². The van der Waals surface area contributed by atoms with Gasteiger partial charge >= 0.3 is 0 Å². The highest BCUT2D eigenvalue weighted by atomic mass is 15.0. The van der Waals surface area contributed by atoms with Crippen molar-refractivity contribution in [2.45, 2.75) is 39.0 Å². The summed E-state index contributed by atoms with van der Waals surface area (Å²) in [5, 5.41) is 3.39. The maximum atomic E-state index is 4.76. The van der Waals surface area contributed by atoms with E-state index in [2.05, 4.69) is 54.5 Å². The van der Waals surface area contributed by atoms with Crippen LogP contribution >= 0.6 is 0 Å². The van der Waals surface area contributed by atoms with Gasteiger partial charge in [0.25, 0.3) is 0 Å². The Kier molecular flexibility index (Phi) is 3.68. The molecule has 0 unspecified atom stereocenters. The van der Waals surface area contributed by atoms with Gasteiger partial charge in [-0.2, -0.15) is 0 Å². The lowest BCUT2D eigenvalue weighted by molar-refractivity contribution is 0.911. The topological polar surface area (TPSA) is 37.8 Å². The van der Waals surface area contributed by atoms with Crippen LogP contribution in [0.1, 0.15) is 43.5 Å². The number of hydrogen-bond acceptors (Lipinski definition) is 3. The Labute approximate surface area is 120 Å². The van der Waals surface area contributed by atoms with E-state index in [9.17, 15) is 0 Å². The fourth-order valence-corrected chi connectivity index (χ4v) is 2.29. The third-order valence-corrected chi connectivity index (χ3v) is 3.56. The fraction of sp³-hybridized carbons (Fsp3) is 0.412. The molecular weight excluding hydrogens is 246 g/mol. The van der Waals surface area contributed by atoms with Crippen LogP contribution in [-0.4, -0.2) is 16.5 Å². The number of hydrogen-bond donors (Lipinski definition) is 1. The Hall–Kier alpha value is -1.90. The van der Waals surface area contributed by atoms with Crippen LogP contribution in [0.25, 0.3) is 11.3 Å². The molecule has 1 aliphatic rings. The summed E-state index contributed by atoms with van der Waals surface area (Å²) in [4.78, 5) is 9.42. The van der Waals surface area contributed by atoms with Gasteiger partial charge in [0.2, 0.25) is 0 Å². The number of anilines is 1. The van der Waals surface area contributed by atoms with E-state index in [0.29, 0.717) is 5.92 Å². The molecule has 2 aromatic rings. The molecule has 0 aliphatic heterocycles. The van der Waals surface area contributed by atoms with E-state index >= 15 is 0 Å². The van der Waals surface area contributed by atoms with Gasteiger partial charge in [-0.15, -0.1) is 0 Å². The zero-order chi connectivity index (χ0) is 13.9. The van der Waals surface area contributed by atoms with E-state index in [0.717, 1.165) is 30.3 Å². The second-order valence-electron chi connectivity index (χ2n) is 5.57. The smallest absolute Gasteiger partial charge is 0.134 e. The van der Waals surface area contributed by atoms with Crippen molar-refractivity contribution in [1.29, 1.82) is 0 Å². The second-order valence-corrected chi connectivity index (χ2v) is 5.57. The molecule has 0 radical (unpaired) electrons. The summed E-state index contributed by atoms with van der Waals surface area (Å²) in [5.74, 6) is 2.53. The van der Waals surface area contributed by atoms with E-state index < -0.39 is 0 Å². The predicted molar refractivity (Wildman–Crippen MR) is 83.0 cm³/mol. The predicted octanol–water partition coefficient (Wildman–Crippen LogP) is 4.15. The number of aromatic nitrogens is 2. The molecule has 0 amide bonds. The summed E-state index contributed by atoms with van der Waals surface area (Å²) in [6, 6.07) is 10.6. The van der Waals surface area contributed by atoms with Crippen LogP contribution in [0.15, 0.2) is 30.3 Å². The molecule has 3 rings (SSSR count). The van der Waals surface area contributed by atoms with Gasteiger partial charge in [0.05, 0.1) is 5.69 Å². The van der Waals surface area contributed by atoms with Crippen molar-refractivity contribution in [1.82, 2.24) is 9.97 Å². The highest BCUT2D eigenvalue weighted by molar-refractivity contribution is 5.63. The Balaban J connectivity index is 1.98. The molecule has 1 aliphatic carbocycles. The Morgan fingerprint density at radius 1 is 1.20 bits per heavy atom. The molecule has 1 fully saturated rings. The quantitative estimate of drug-likeness (QED) is 0.884. The van der Waals surface area contributed by atoms with Crippen LogP contribution in [0, 0.1) is 6.92 Å². The lowest BCUT2D eigenvalue weighted by atomic mass is 10.1. The first-order valence-corrected chi connectivity index (χ1v) is 7.46. The average molecular weight is 267 g/mol. The third kappa shape index (κ3) is 2.98. The van der Waals surface area contributed by atoms with Gasteiger partial charge in [-0.1, -0.05) is 30.7 Å². The molecule has 104 valence electrons. The van der Waals surface area contributed by atoms with Crippen LogP contribution < -0.4 is 5.32 Å². The largest absolute Gasteiger partial charge is 0.370 e. The van der Waals surface area contributed by atoms with Gasteiger partial charge in [0.15, 0.2) is 0 Å². The first-order valence-electron chi connectivity index (χ1n) is 7.46. The minimum Gasteiger partial charge on any atom is -0.370 e. The molecule has 3 heteroatoms. The standard InChI is InChI=1S/C17H21N3/c1-3-9-18-16-11-15(14-6-4-5-12(2)10-14)19-17(20-16)13-7-8-13/h4-6,10-11,13H,3,7-9H2,1-2H3,(H,18,19,20). The third-order valence-electron chi connectivity index (χ3n) is 3.56. The minimum atomic E-state index is 0.571. The number of nitrogens with zero attached hydrogens (tertiary/aromatic N) is 2. The molecule has 0 saturated heterocycles. The van der Waals surface area contributed by atoms with Crippen LogP contribution in [0.5, 0.6) is 0 Å². The minimum absolute atomic E-state index is 0.571. The number of benzene rings is 1. The Morgan fingerprint density at radius 3 is 2.75 bits per heavy atom. The van der Waals surface area contributed by atoms with Crippen LogP contribution in [-0.2, 0) is 0 Å². The van der Waals surface area contributed by atoms with Crippen LogP contribution in [0.4, 0.5) is 5.82 Å². The SMILES string of the molecule is CCCNc1cc(-c2cccc(C)c2)nc(C2CC2)n1. The molecule has 1 saturated carbocycles. The molecule has 1 heterocycles. The highest BCUT2D eigenvalue weighted by Crippen LogP contribution is 2.39. The maximum Gasteiger partial charge on any atom is 0.134 e. The van der Waals surface area contributed by atoms with Crippen molar-refractivity contribution < 1.29 is 0 Å². The summed E-state index contributed by atoms with van der Waals surface area (Å²) in [7, 11) is 0. The highest BCUT2D eigenvalue weighted by Gasteiger charge is 2.27. The summed E-state index contributed by atoms with van der Waals surface area (Å²) in [6.45, 7) is 5.23. The number of rotatable bonds is 5. The fourth-order valence-electron chi connectivity index (χ4n) is 2.29. The molecule has 0 atom stereocenters. The average Bonchev–Trinajstić information content (AvgIpc) is 3.29. The van der Waals surface area contributed by atoms with Gasteiger partial charge < -0.3 is 5.32 Å². The Morgan fingerprint density at radius 2 is 2.05 bits per heavy atom. The molecule has 3 nitrogen and oxygen atoms in total. The van der Waals surface area contributed by atoms with Gasteiger partial charge in [-0.25, -0.2) is 9.97 Å². The first kappa shape index (κ1) is 13.1. The van der Waals surface area contributed by atoms with Gasteiger partial charge in [-0.3, -0.25) is 0 Å². The van der Waals surface area contributed by atoms with Crippen molar-refractivity contribution in [2.75, 3.05) is 11.9 Å². The number of aryl methyl sites for hydroxylation is 1. The van der Waals surface area contributed by atoms with Gasteiger partial charge in [0, 0.05) is 24.1 Å². The van der Waals surface area contributed by atoms with E-state index in [1.54, 1.807) is 0 Å². The maximum absolute atomic E-state index is 4.76. The molecular formula is C17H21N3. The number of nitrogens with one attached hydrogen (secondary N) is 1. The molecule has 0 bridgehead atoms. The van der Waals surface area contributed by atoms with Crippen molar-refractivity contribution in [3.8, 4) is 11.3 Å². The lowest BCUT2D eigenvalue weighted by Crippen LogP contribution is -2.05. The van der Waals surface area contributed by atoms with Crippen molar-refractivity contribution in [2.24, 2.45) is 0 Å². The van der Waals surface area contributed by atoms with E-state index in [4.69, 9.17) is 4.98 Å². The van der Waals surface area contributed by atoms with E-state index in [-0.39, 0.29) is 0 Å². The Bertz CT molecular complexity index is 603. The molecule has 20 heavy (non-hydrogen) atoms. The van der Waals surface area contributed by atoms with Crippen LogP contribution in [0.3, 0.4) is 0 Å².